The lowest BCUT2D eigenvalue weighted by Crippen LogP contribution is -2.11. The van der Waals surface area contributed by atoms with Gasteiger partial charge in [-0.25, -0.2) is 9.37 Å². The molecule has 0 atom stereocenters. The summed E-state index contributed by atoms with van der Waals surface area (Å²) in [6, 6.07) is 16.4. The predicted octanol–water partition coefficient (Wildman–Crippen LogP) is 4.11. The van der Waals surface area contributed by atoms with Crippen LogP contribution in [0.4, 0.5) is 10.2 Å². The van der Waals surface area contributed by atoms with Gasteiger partial charge in [0.1, 0.15) is 23.3 Å². The first-order chi connectivity index (χ1) is 11.7. The number of aromatic nitrogens is 1. The van der Waals surface area contributed by atoms with Gasteiger partial charge in [-0.1, -0.05) is 36.4 Å². The molecule has 0 saturated carbocycles. The van der Waals surface area contributed by atoms with Gasteiger partial charge in [-0.05, 0) is 41.7 Å². The van der Waals surface area contributed by atoms with E-state index in [1.54, 1.807) is 12.1 Å². The molecular formula is C20H14FN3. The zero-order valence-corrected chi connectivity index (χ0v) is 12.9. The minimum absolute atomic E-state index is 0.215. The van der Waals surface area contributed by atoms with Gasteiger partial charge in [-0.15, -0.1) is 0 Å². The van der Waals surface area contributed by atoms with Crippen LogP contribution in [0.3, 0.4) is 0 Å². The molecule has 4 rings (SSSR count). The molecule has 0 radical (unpaired) electrons. The second kappa shape index (κ2) is 5.47. The maximum absolute atomic E-state index is 13.3. The van der Waals surface area contributed by atoms with Gasteiger partial charge in [0.2, 0.25) is 0 Å². The van der Waals surface area contributed by atoms with E-state index >= 15 is 0 Å². The molecule has 0 spiro atoms. The van der Waals surface area contributed by atoms with Gasteiger partial charge in [0.25, 0.3) is 0 Å². The fourth-order valence-corrected chi connectivity index (χ4v) is 3.38. The minimum atomic E-state index is -0.307. The van der Waals surface area contributed by atoms with E-state index in [2.05, 4.69) is 17.1 Å². The SMILES string of the molecule is N#Cc1c(N)nc2c(c1-c1ccc(F)cc1)CCc1ccccc1-2. The fourth-order valence-electron chi connectivity index (χ4n) is 3.38. The smallest absolute Gasteiger partial charge is 0.142 e. The molecule has 0 amide bonds. The molecule has 0 fully saturated rings. The van der Waals surface area contributed by atoms with E-state index in [-0.39, 0.29) is 11.6 Å². The van der Waals surface area contributed by atoms with Crippen molar-refractivity contribution < 1.29 is 4.39 Å². The fraction of sp³-hybridized carbons (Fsp3) is 0.100. The van der Waals surface area contributed by atoms with Crippen LogP contribution in [-0.2, 0) is 12.8 Å². The maximum atomic E-state index is 13.3. The first kappa shape index (κ1) is 14.4. The first-order valence-corrected chi connectivity index (χ1v) is 7.75. The van der Waals surface area contributed by atoms with E-state index in [9.17, 15) is 9.65 Å². The lowest BCUT2D eigenvalue weighted by molar-refractivity contribution is 0.628. The molecule has 1 aliphatic carbocycles. The number of nitrogens with zero attached hydrogens (tertiary/aromatic N) is 2. The van der Waals surface area contributed by atoms with Crippen molar-refractivity contribution in [3.05, 3.63) is 71.0 Å². The standard InChI is InChI=1S/C20H14FN3/c21-14-8-5-13(6-9-14)18-16-10-7-12-3-1-2-4-15(12)19(16)24-20(23)17(18)11-22/h1-6,8-9H,7,10H2,(H2,23,24). The Morgan fingerprint density at radius 1 is 1.04 bits per heavy atom. The highest BCUT2D eigenvalue weighted by Crippen LogP contribution is 2.40. The zero-order valence-electron chi connectivity index (χ0n) is 12.9. The lowest BCUT2D eigenvalue weighted by Gasteiger charge is -2.23. The molecule has 1 aliphatic rings. The summed E-state index contributed by atoms with van der Waals surface area (Å²) in [7, 11) is 0. The first-order valence-electron chi connectivity index (χ1n) is 7.75. The molecule has 2 N–H and O–H groups in total. The summed E-state index contributed by atoms with van der Waals surface area (Å²) in [4.78, 5) is 4.51. The highest BCUT2D eigenvalue weighted by atomic mass is 19.1. The third-order valence-corrected chi connectivity index (χ3v) is 4.49. The predicted molar refractivity (Wildman–Crippen MR) is 91.6 cm³/mol. The average molecular weight is 315 g/mol. The van der Waals surface area contributed by atoms with Crippen LogP contribution in [0.25, 0.3) is 22.4 Å². The summed E-state index contributed by atoms with van der Waals surface area (Å²) < 4.78 is 13.3. The number of halogens is 1. The number of anilines is 1. The highest BCUT2D eigenvalue weighted by Gasteiger charge is 2.25. The largest absolute Gasteiger partial charge is 0.383 e. The van der Waals surface area contributed by atoms with Crippen molar-refractivity contribution in [1.29, 1.82) is 5.26 Å². The number of nitrogen functional groups attached to an aromatic ring is 1. The summed E-state index contributed by atoms with van der Waals surface area (Å²) in [5.41, 5.74) is 12.1. The summed E-state index contributed by atoms with van der Waals surface area (Å²) in [5, 5.41) is 9.57. The molecule has 1 heterocycles. The molecule has 0 saturated heterocycles. The van der Waals surface area contributed by atoms with Crippen LogP contribution < -0.4 is 5.73 Å². The Hall–Kier alpha value is -3.19. The number of pyridine rings is 1. The second-order valence-electron chi connectivity index (χ2n) is 5.85. The van der Waals surface area contributed by atoms with Crippen LogP contribution in [0, 0.1) is 17.1 Å². The Balaban J connectivity index is 2.05. The van der Waals surface area contributed by atoms with E-state index in [4.69, 9.17) is 5.73 Å². The van der Waals surface area contributed by atoms with Gasteiger partial charge in [0.05, 0.1) is 5.69 Å². The molecule has 0 bridgehead atoms. The van der Waals surface area contributed by atoms with Crippen LogP contribution in [0.5, 0.6) is 0 Å². The summed E-state index contributed by atoms with van der Waals surface area (Å²) >= 11 is 0. The summed E-state index contributed by atoms with van der Waals surface area (Å²) in [6.45, 7) is 0. The second-order valence-corrected chi connectivity index (χ2v) is 5.85. The zero-order chi connectivity index (χ0) is 16.7. The number of hydrogen-bond donors (Lipinski definition) is 1. The summed E-state index contributed by atoms with van der Waals surface area (Å²) in [5.74, 6) is -0.0919. The van der Waals surface area contributed by atoms with E-state index < -0.39 is 0 Å². The van der Waals surface area contributed by atoms with Crippen molar-refractivity contribution in [3.8, 4) is 28.5 Å². The number of aryl methyl sites for hydroxylation is 1. The Kier molecular flexibility index (Phi) is 3.28. The van der Waals surface area contributed by atoms with Gasteiger partial charge in [0.15, 0.2) is 0 Å². The highest BCUT2D eigenvalue weighted by molar-refractivity contribution is 5.86. The van der Waals surface area contributed by atoms with Crippen molar-refractivity contribution in [2.75, 3.05) is 5.73 Å². The van der Waals surface area contributed by atoms with E-state index in [0.717, 1.165) is 40.8 Å². The molecule has 3 nitrogen and oxygen atoms in total. The molecule has 24 heavy (non-hydrogen) atoms. The number of benzene rings is 2. The Morgan fingerprint density at radius 3 is 2.54 bits per heavy atom. The van der Waals surface area contributed by atoms with E-state index in [1.807, 2.05) is 18.2 Å². The van der Waals surface area contributed by atoms with Crippen LogP contribution in [0.15, 0.2) is 48.5 Å². The van der Waals surface area contributed by atoms with Gasteiger partial charge in [-0.3, -0.25) is 0 Å². The van der Waals surface area contributed by atoms with Gasteiger partial charge in [-0.2, -0.15) is 5.26 Å². The number of nitrogens with two attached hydrogens (primary N) is 1. The maximum Gasteiger partial charge on any atom is 0.142 e. The van der Waals surface area contributed by atoms with E-state index in [0.29, 0.717) is 5.56 Å². The van der Waals surface area contributed by atoms with Gasteiger partial charge < -0.3 is 5.73 Å². The van der Waals surface area contributed by atoms with Crippen LogP contribution in [0.2, 0.25) is 0 Å². The quantitative estimate of drug-likeness (QED) is 0.735. The van der Waals surface area contributed by atoms with Crippen molar-refractivity contribution in [2.45, 2.75) is 12.8 Å². The summed E-state index contributed by atoms with van der Waals surface area (Å²) in [6.07, 6.45) is 1.66. The number of nitriles is 1. The Labute approximate surface area is 139 Å². The third-order valence-electron chi connectivity index (χ3n) is 4.49. The normalized spacial score (nSPS) is 12.2. The third kappa shape index (κ3) is 2.14. The topological polar surface area (TPSA) is 62.7 Å². The molecule has 1 aromatic heterocycles. The van der Waals surface area contributed by atoms with Crippen LogP contribution in [0.1, 0.15) is 16.7 Å². The van der Waals surface area contributed by atoms with Gasteiger partial charge >= 0.3 is 0 Å². The minimum Gasteiger partial charge on any atom is -0.383 e. The molecule has 2 aromatic carbocycles. The van der Waals surface area contributed by atoms with Gasteiger partial charge in [0, 0.05) is 11.1 Å². The number of rotatable bonds is 1. The average Bonchev–Trinajstić information content (AvgIpc) is 2.61. The number of fused-ring (bicyclic) bond motifs is 3. The van der Waals surface area contributed by atoms with Crippen LogP contribution >= 0.6 is 0 Å². The molecule has 3 aromatic rings. The molecule has 116 valence electrons. The van der Waals surface area contributed by atoms with Crippen molar-refractivity contribution in [2.24, 2.45) is 0 Å². The molecule has 0 aliphatic heterocycles. The lowest BCUT2D eigenvalue weighted by atomic mass is 9.83. The number of hydrogen-bond acceptors (Lipinski definition) is 3. The molecular weight excluding hydrogens is 301 g/mol. The molecule has 4 heteroatoms. The monoisotopic (exact) mass is 315 g/mol. The van der Waals surface area contributed by atoms with Crippen molar-refractivity contribution in [1.82, 2.24) is 4.98 Å². The van der Waals surface area contributed by atoms with E-state index in [1.165, 1.54) is 17.7 Å². The van der Waals surface area contributed by atoms with Crippen molar-refractivity contribution >= 4 is 5.82 Å². The Bertz CT molecular complexity index is 985. The van der Waals surface area contributed by atoms with Crippen LogP contribution in [-0.4, -0.2) is 4.98 Å². The van der Waals surface area contributed by atoms with Crippen molar-refractivity contribution in [3.63, 3.8) is 0 Å². The Morgan fingerprint density at radius 2 is 1.79 bits per heavy atom. The molecule has 0 unspecified atom stereocenters.